The van der Waals surface area contributed by atoms with Crippen LogP contribution in [0.3, 0.4) is 0 Å². The molecule has 88 valence electrons. The molecule has 2 nitrogen and oxygen atoms in total. The first-order chi connectivity index (χ1) is 7.33. The average molecular weight is 232 g/mol. The van der Waals surface area contributed by atoms with Crippen LogP contribution in [0, 0.1) is 5.92 Å². The summed E-state index contributed by atoms with van der Waals surface area (Å²) in [6.45, 7) is 3.11. The van der Waals surface area contributed by atoms with E-state index in [1.54, 1.807) is 7.11 Å². The molecule has 15 heavy (non-hydrogen) atoms. The van der Waals surface area contributed by atoms with Crippen LogP contribution in [0.5, 0.6) is 0 Å². The predicted octanol–water partition coefficient (Wildman–Crippen LogP) is 2.50. The quantitative estimate of drug-likeness (QED) is 0.693. The molecule has 0 radical (unpaired) electrons. The number of likely N-dealkylation sites (tertiary alicyclic amines) is 1. The third-order valence-electron chi connectivity index (χ3n) is 3.99. The molecule has 0 spiro atoms. The van der Waals surface area contributed by atoms with Gasteiger partial charge in [0.1, 0.15) is 0 Å². The van der Waals surface area contributed by atoms with Crippen molar-refractivity contribution >= 4 is 11.6 Å². The second-order valence-corrected chi connectivity index (χ2v) is 5.41. The van der Waals surface area contributed by atoms with Crippen molar-refractivity contribution in [2.45, 2.75) is 43.5 Å². The Balaban J connectivity index is 1.94. The van der Waals surface area contributed by atoms with E-state index in [0.717, 1.165) is 31.5 Å². The molecule has 2 fully saturated rings. The molecule has 0 amide bonds. The van der Waals surface area contributed by atoms with Gasteiger partial charge in [-0.2, -0.15) is 0 Å². The Kier molecular flexibility index (Phi) is 4.30. The molecule has 1 aliphatic heterocycles. The zero-order chi connectivity index (χ0) is 10.7. The second kappa shape index (κ2) is 5.51. The summed E-state index contributed by atoms with van der Waals surface area (Å²) in [4.78, 5) is 2.60. The number of nitrogens with zero attached hydrogens (tertiary/aromatic N) is 1. The third kappa shape index (κ3) is 2.66. The Labute approximate surface area is 97.9 Å². The van der Waals surface area contributed by atoms with Crippen molar-refractivity contribution < 1.29 is 4.74 Å². The zero-order valence-electron chi connectivity index (χ0n) is 9.62. The Morgan fingerprint density at radius 3 is 2.87 bits per heavy atom. The Morgan fingerprint density at radius 2 is 2.07 bits per heavy atom. The van der Waals surface area contributed by atoms with Gasteiger partial charge in [0, 0.05) is 25.1 Å². The number of ether oxygens (including phenoxy) is 1. The molecule has 1 saturated heterocycles. The minimum Gasteiger partial charge on any atom is -0.383 e. The predicted molar refractivity (Wildman–Crippen MR) is 63.5 cm³/mol. The van der Waals surface area contributed by atoms with Gasteiger partial charge in [0.2, 0.25) is 0 Å². The summed E-state index contributed by atoms with van der Waals surface area (Å²) in [6, 6.07) is 0.741. The molecule has 0 bridgehead atoms. The summed E-state index contributed by atoms with van der Waals surface area (Å²) < 4.78 is 5.18. The van der Waals surface area contributed by atoms with Crippen LogP contribution < -0.4 is 0 Å². The number of fused-ring (bicyclic) bond motifs is 1. The first-order valence-corrected chi connectivity index (χ1v) is 6.63. The van der Waals surface area contributed by atoms with Crippen molar-refractivity contribution in [1.82, 2.24) is 4.90 Å². The average Bonchev–Trinajstić information content (AvgIpc) is 2.29. The monoisotopic (exact) mass is 231 g/mol. The molecular formula is C12H22ClNO. The van der Waals surface area contributed by atoms with E-state index in [0.29, 0.717) is 5.38 Å². The van der Waals surface area contributed by atoms with E-state index >= 15 is 0 Å². The highest BCUT2D eigenvalue weighted by Gasteiger charge is 2.37. The maximum absolute atomic E-state index is 6.43. The van der Waals surface area contributed by atoms with Crippen molar-refractivity contribution in [1.29, 1.82) is 0 Å². The molecule has 0 aromatic rings. The lowest BCUT2D eigenvalue weighted by Gasteiger charge is -2.46. The lowest BCUT2D eigenvalue weighted by atomic mass is 9.78. The van der Waals surface area contributed by atoms with Crippen LogP contribution in [0.4, 0.5) is 0 Å². The van der Waals surface area contributed by atoms with Crippen molar-refractivity contribution in [3.8, 4) is 0 Å². The highest BCUT2D eigenvalue weighted by Crippen LogP contribution is 2.37. The van der Waals surface area contributed by atoms with E-state index in [4.69, 9.17) is 16.3 Å². The van der Waals surface area contributed by atoms with Crippen LogP contribution in [-0.2, 0) is 4.74 Å². The van der Waals surface area contributed by atoms with Crippen molar-refractivity contribution in [2.75, 3.05) is 26.8 Å². The molecule has 2 rings (SSSR count). The number of hydrogen-bond acceptors (Lipinski definition) is 2. The number of halogens is 1. The lowest BCUT2D eigenvalue weighted by Crippen LogP contribution is -2.51. The number of rotatable bonds is 3. The fourth-order valence-corrected chi connectivity index (χ4v) is 3.56. The van der Waals surface area contributed by atoms with Gasteiger partial charge >= 0.3 is 0 Å². The molecule has 0 N–H and O–H groups in total. The molecule has 1 aliphatic carbocycles. The Hall–Kier alpha value is 0.210. The molecule has 2 aliphatic rings. The summed E-state index contributed by atoms with van der Waals surface area (Å²) in [5.41, 5.74) is 0. The summed E-state index contributed by atoms with van der Waals surface area (Å²) in [5.74, 6) is 0.742. The van der Waals surface area contributed by atoms with Crippen LogP contribution in [0.25, 0.3) is 0 Å². The SMILES string of the molecule is COCCN1CC[C@H](Cl)[C@H]2CCCC[C@H]21. The van der Waals surface area contributed by atoms with E-state index < -0.39 is 0 Å². The van der Waals surface area contributed by atoms with Gasteiger partial charge < -0.3 is 4.74 Å². The first-order valence-electron chi connectivity index (χ1n) is 6.20. The summed E-state index contributed by atoms with van der Waals surface area (Å²) in [7, 11) is 1.78. The summed E-state index contributed by atoms with van der Waals surface area (Å²) >= 11 is 6.43. The smallest absolute Gasteiger partial charge is 0.0589 e. The van der Waals surface area contributed by atoms with Gasteiger partial charge in [0.05, 0.1) is 6.61 Å². The first kappa shape index (κ1) is 11.7. The highest BCUT2D eigenvalue weighted by molar-refractivity contribution is 6.20. The standard InChI is InChI=1S/C12H22ClNO/c1-15-9-8-14-7-6-11(13)10-4-2-3-5-12(10)14/h10-12H,2-9H2,1H3/t10-,11+,12-/m1/s1. The largest absolute Gasteiger partial charge is 0.383 e. The van der Waals surface area contributed by atoms with E-state index in [2.05, 4.69) is 4.90 Å². The molecule has 0 aromatic carbocycles. The van der Waals surface area contributed by atoms with Crippen LogP contribution in [0.2, 0.25) is 0 Å². The van der Waals surface area contributed by atoms with Crippen molar-refractivity contribution in [2.24, 2.45) is 5.92 Å². The fourth-order valence-electron chi connectivity index (χ4n) is 3.17. The minimum absolute atomic E-state index is 0.425. The summed E-state index contributed by atoms with van der Waals surface area (Å²) in [6.07, 6.45) is 6.60. The molecule has 0 unspecified atom stereocenters. The van der Waals surface area contributed by atoms with Gasteiger partial charge in [-0.3, -0.25) is 4.90 Å². The van der Waals surface area contributed by atoms with Gasteiger partial charge in [-0.05, 0) is 31.7 Å². The molecule has 3 atom stereocenters. The van der Waals surface area contributed by atoms with Crippen LogP contribution >= 0.6 is 11.6 Å². The van der Waals surface area contributed by atoms with Crippen LogP contribution in [0.1, 0.15) is 32.1 Å². The number of methoxy groups -OCH3 is 1. The maximum Gasteiger partial charge on any atom is 0.0589 e. The number of alkyl halides is 1. The van der Waals surface area contributed by atoms with E-state index in [-0.39, 0.29) is 0 Å². The Morgan fingerprint density at radius 1 is 1.27 bits per heavy atom. The molecule has 1 heterocycles. The maximum atomic E-state index is 6.43. The molecular weight excluding hydrogens is 210 g/mol. The van der Waals surface area contributed by atoms with Gasteiger partial charge in [-0.1, -0.05) is 12.8 Å². The van der Waals surface area contributed by atoms with E-state index in [1.807, 2.05) is 0 Å². The van der Waals surface area contributed by atoms with E-state index in [9.17, 15) is 0 Å². The van der Waals surface area contributed by atoms with Crippen molar-refractivity contribution in [3.63, 3.8) is 0 Å². The summed E-state index contributed by atoms with van der Waals surface area (Å²) in [5, 5.41) is 0.425. The van der Waals surface area contributed by atoms with Crippen LogP contribution in [-0.4, -0.2) is 43.1 Å². The zero-order valence-corrected chi connectivity index (χ0v) is 10.4. The normalized spacial score (nSPS) is 37.6. The topological polar surface area (TPSA) is 12.5 Å². The number of hydrogen-bond donors (Lipinski definition) is 0. The van der Waals surface area contributed by atoms with Gasteiger partial charge in [0.15, 0.2) is 0 Å². The minimum atomic E-state index is 0.425. The third-order valence-corrected chi connectivity index (χ3v) is 4.53. The van der Waals surface area contributed by atoms with E-state index in [1.165, 1.54) is 32.2 Å². The number of piperidine rings is 1. The lowest BCUT2D eigenvalue weighted by molar-refractivity contribution is 0.0416. The van der Waals surface area contributed by atoms with Gasteiger partial charge in [-0.15, -0.1) is 11.6 Å². The molecule has 1 saturated carbocycles. The highest BCUT2D eigenvalue weighted by atomic mass is 35.5. The Bertz CT molecular complexity index is 198. The van der Waals surface area contributed by atoms with Gasteiger partial charge in [-0.25, -0.2) is 0 Å². The molecule has 3 heteroatoms. The second-order valence-electron chi connectivity index (χ2n) is 4.85. The van der Waals surface area contributed by atoms with Crippen molar-refractivity contribution in [3.05, 3.63) is 0 Å². The molecule has 0 aromatic heterocycles. The van der Waals surface area contributed by atoms with Gasteiger partial charge in [0.25, 0.3) is 0 Å². The fraction of sp³-hybridized carbons (Fsp3) is 1.00. The van der Waals surface area contributed by atoms with Crippen LogP contribution in [0.15, 0.2) is 0 Å².